The van der Waals surface area contributed by atoms with Crippen LogP contribution in [-0.2, 0) is 6.42 Å². The van der Waals surface area contributed by atoms with E-state index in [-0.39, 0.29) is 0 Å². The SMILES string of the molecule is ICCc1ccno1. The fraction of sp³-hybridized carbons (Fsp3) is 0.400. The molecule has 0 fully saturated rings. The normalized spacial score (nSPS) is 9.62. The van der Waals surface area contributed by atoms with Crippen LogP contribution in [0.25, 0.3) is 0 Å². The Morgan fingerprint density at radius 3 is 3.12 bits per heavy atom. The van der Waals surface area contributed by atoms with Crippen LogP contribution in [-0.4, -0.2) is 9.58 Å². The molecule has 0 aliphatic carbocycles. The fourth-order valence-electron chi connectivity index (χ4n) is 0.464. The Kier molecular flexibility index (Phi) is 2.32. The summed E-state index contributed by atoms with van der Waals surface area (Å²) >= 11 is 2.30. The smallest absolute Gasteiger partial charge is 0.137 e. The molecule has 1 aromatic rings. The summed E-state index contributed by atoms with van der Waals surface area (Å²) in [5, 5.41) is 3.56. The van der Waals surface area contributed by atoms with E-state index in [0.29, 0.717) is 0 Å². The van der Waals surface area contributed by atoms with E-state index in [1.807, 2.05) is 6.07 Å². The number of hydrogen-bond donors (Lipinski definition) is 0. The van der Waals surface area contributed by atoms with Crippen LogP contribution in [0.15, 0.2) is 16.8 Å². The lowest BCUT2D eigenvalue weighted by Crippen LogP contribution is -1.78. The van der Waals surface area contributed by atoms with Gasteiger partial charge in [-0.25, -0.2) is 0 Å². The van der Waals surface area contributed by atoms with Crippen molar-refractivity contribution < 1.29 is 4.52 Å². The molecule has 3 heteroatoms. The van der Waals surface area contributed by atoms with Gasteiger partial charge in [0.25, 0.3) is 0 Å². The molecule has 0 atom stereocenters. The van der Waals surface area contributed by atoms with Gasteiger partial charge in [-0.3, -0.25) is 0 Å². The summed E-state index contributed by atoms with van der Waals surface area (Å²) in [5.41, 5.74) is 0. The second kappa shape index (κ2) is 3.06. The molecular weight excluding hydrogens is 217 g/mol. The van der Waals surface area contributed by atoms with Crippen molar-refractivity contribution in [3.05, 3.63) is 18.0 Å². The van der Waals surface area contributed by atoms with E-state index in [2.05, 4.69) is 27.7 Å². The zero-order chi connectivity index (χ0) is 5.82. The Labute approximate surface area is 61.4 Å². The van der Waals surface area contributed by atoms with Gasteiger partial charge in [0.05, 0.1) is 6.20 Å². The van der Waals surface area contributed by atoms with Crippen LogP contribution in [0.1, 0.15) is 5.76 Å². The molecular formula is C5H6INO. The van der Waals surface area contributed by atoms with Crippen molar-refractivity contribution in [2.75, 3.05) is 4.43 Å². The highest BCUT2D eigenvalue weighted by Gasteiger charge is 1.91. The van der Waals surface area contributed by atoms with E-state index in [1.165, 1.54) is 0 Å². The number of nitrogens with zero attached hydrogens (tertiary/aromatic N) is 1. The van der Waals surface area contributed by atoms with Crippen LogP contribution in [0.2, 0.25) is 0 Å². The maximum absolute atomic E-state index is 4.82. The van der Waals surface area contributed by atoms with Crippen molar-refractivity contribution in [2.45, 2.75) is 6.42 Å². The lowest BCUT2D eigenvalue weighted by atomic mass is 10.4. The van der Waals surface area contributed by atoms with Crippen molar-refractivity contribution in [3.63, 3.8) is 0 Å². The van der Waals surface area contributed by atoms with Gasteiger partial charge in [-0.2, -0.15) is 0 Å². The Bertz CT molecular complexity index is 138. The molecule has 8 heavy (non-hydrogen) atoms. The molecule has 0 radical (unpaired) electrons. The highest BCUT2D eigenvalue weighted by molar-refractivity contribution is 14.1. The molecule has 0 N–H and O–H groups in total. The average Bonchev–Trinajstić information content (AvgIpc) is 2.19. The zero-order valence-corrected chi connectivity index (χ0v) is 6.46. The quantitative estimate of drug-likeness (QED) is 0.562. The first-order chi connectivity index (χ1) is 3.93. The molecule has 1 aromatic heterocycles. The largest absolute Gasteiger partial charge is 0.361 e. The highest BCUT2D eigenvalue weighted by atomic mass is 127. The third-order valence-corrected chi connectivity index (χ3v) is 1.37. The molecule has 0 saturated heterocycles. The summed E-state index contributed by atoms with van der Waals surface area (Å²) in [5.74, 6) is 0.972. The van der Waals surface area contributed by atoms with Crippen LogP contribution >= 0.6 is 22.6 Å². The summed E-state index contributed by atoms with van der Waals surface area (Å²) < 4.78 is 5.91. The number of hydrogen-bond acceptors (Lipinski definition) is 2. The number of aryl methyl sites for hydroxylation is 1. The molecule has 0 aromatic carbocycles. The van der Waals surface area contributed by atoms with Crippen LogP contribution in [0.4, 0.5) is 0 Å². The van der Waals surface area contributed by atoms with Crippen molar-refractivity contribution in [1.82, 2.24) is 5.16 Å². The second-order valence-corrected chi connectivity index (χ2v) is 2.50. The molecule has 2 nitrogen and oxygen atoms in total. The first-order valence-electron chi connectivity index (χ1n) is 2.39. The molecule has 0 amide bonds. The van der Waals surface area contributed by atoms with Crippen molar-refractivity contribution in [1.29, 1.82) is 0 Å². The van der Waals surface area contributed by atoms with Gasteiger partial charge >= 0.3 is 0 Å². The van der Waals surface area contributed by atoms with E-state index < -0.39 is 0 Å². The molecule has 0 unspecified atom stereocenters. The van der Waals surface area contributed by atoms with E-state index in [0.717, 1.165) is 16.6 Å². The Morgan fingerprint density at radius 2 is 2.62 bits per heavy atom. The lowest BCUT2D eigenvalue weighted by molar-refractivity contribution is 0.388. The van der Waals surface area contributed by atoms with Gasteiger partial charge in [-0.15, -0.1) is 0 Å². The monoisotopic (exact) mass is 223 g/mol. The van der Waals surface area contributed by atoms with Gasteiger partial charge < -0.3 is 4.52 Å². The third-order valence-electron chi connectivity index (χ3n) is 0.832. The average molecular weight is 223 g/mol. The third kappa shape index (κ3) is 1.47. The standard InChI is InChI=1S/C5H6INO/c6-3-1-5-2-4-7-8-5/h2,4H,1,3H2. The minimum atomic E-state index is 0.972. The molecule has 1 heterocycles. The van der Waals surface area contributed by atoms with Crippen LogP contribution in [0.5, 0.6) is 0 Å². The summed E-state index contributed by atoms with van der Waals surface area (Å²) in [6.07, 6.45) is 2.65. The molecule has 0 bridgehead atoms. The van der Waals surface area contributed by atoms with Crippen molar-refractivity contribution >= 4 is 22.6 Å². The van der Waals surface area contributed by atoms with Gasteiger partial charge in [-0.05, 0) is 0 Å². The topological polar surface area (TPSA) is 26.0 Å². The Morgan fingerprint density at radius 1 is 1.75 bits per heavy atom. The minimum absolute atomic E-state index is 0.972. The van der Waals surface area contributed by atoms with E-state index in [1.54, 1.807) is 6.20 Å². The van der Waals surface area contributed by atoms with Crippen LogP contribution in [0.3, 0.4) is 0 Å². The first-order valence-corrected chi connectivity index (χ1v) is 3.91. The molecule has 44 valence electrons. The second-order valence-electron chi connectivity index (χ2n) is 1.42. The molecule has 0 aliphatic rings. The van der Waals surface area contributed by atoms with Crippen LogP contribution < -0.4 is 0 Å². The Balaban J connectivity index is 2.50. The number of halogens is 1. The summed E-state index contributed by atoms with van der Waals surface area (Å²) in [4.78, 5) is 0. The summed E-state index contributed by atoms with van der Waals surface area (Å²) in [7, 11) is 0. The van der Waals surface area contributed by atoms with Gasteiger partial charge in [0.1, 0.15) is 5.76 Å². The van der Waals surface area contributed by atoms with Gasteiger partial charge in [0.15, 0.2) is 0 Å². The fourth-order valence-corrected chi connectivity index (χ4v) is 0.996. The minimum Gasteiger partial charge on any atom is -0.361 e. The van der Waals surface area contributed by atoms with E-state index in [9.17, 15) is 0 Å². The van der Waals surface area contributed by atoms with Crippen LogP contribution in [0, 0.1) is 0 Å². The molecule has 0 spiro atoms. The van der Waals surface area contributed by atoms with Gasteiger partial charge in [0, 0.05) is 16.9 Å². The van der Waals surface area contributed by atoms with E-state index >= 15 is 0 Å². The number of rotatable bonds is 2. The summed E-state index contributed by atoms with van der Waals surface area (Å²) in [6.45, 7) is 0. The number of alkyl halides is 1. The van der Waals surface area contributed by atoms with Crippen molar-refractivity contribution in [2.24, 2.45) is 0 Å². The zero-order valence-electron chi connectivity index (χ0n) is 4.30. The predicted octanol–water partition coefficient (Wildman–Crippen LogP) is 1.65. The lowest BCUT2D eigenvalue weighted by Gasteiger charge is -1.82. The predicted molar refractivity (Wildman–Crippen MR) is 39.1 cm³/mol. The number of aromatic nitrogens is 1. The highest BCUT2D eigenvalue weighted by Crippen LogP contribution is 1.99. The first kappa shape index (κ1) is 6.07. The summed E-state index contributed by atoms with van der Waals surface area (Å²) in [6, 6.07) is 1.89. The maximum Gasteiger partial charge on any atom is 0.137 e. The molecule has 1 rings (SSSR count). The van der Waals surface area contributed by atoms with E-state index in [4.69, 9.17) is 4.52 Å². The molecule has 0 saturated carbocycles. The van der Waals surface area contributed by atoms with Gasteiger partial charge in [-0.1, -0.05) is 27.7 Å². The van der Waals surface area contributed by atoms with Gasteiger partial charge in [0.2, 0.25) is 0 Å². The maximum atomic E-state index is 4.82. The van der Waals surface area contributed by atoms with Crippen molar-refractivity contribution in [3.8, 4) is 0 Å². The Hall–Kier alpha value is -0.0600. The molecule has 0 aliphatic heterocycles.